The van der Waals surface area contributed by atoms with Crippen molar-refractivity contribution in [2.45, 2.75) is 129 Å². The third kappa shape index (κ3) is 12.2. The van der Waals surface area contributed by atoms with Crippen LogP contribution in [0.1, 0.15) is 122 Å². The van der Waals surface area contributed by atoms with Crippen LogP contribution in [-0.2, 0) is 19.1 Å². The Morgan fingerprint density at radius 1 is 0.917 bits per heavy atom. The average Bonchev–Trinajstić information content (AvgIpc) is 2.86. The number of hydrogen-bond acceptors (Lipinski definition) is 4. The highest BCUT2D eigenvalue weighted by Gasteiger charge is 2.43. The van der Waals surface area contributed by atoms with Crippen LogP contribution in [0.4, 0.5) is 4.39 Å². The van der Waals surface area contributed by atoms with Gasteiger partial charge in [-0.1, -0.05) is 103 Å². The van der Waals surface area contributed by atoms with E-state index in [4.69, 9.17) is 9.47 Å². The summed E-state index contributed by atoms with van der Waals surface area (Å²) in [6.07, 6.45) is 20.5. The topological polar surface area (TPSA) is 52.6 Å². The Balaban J connectivity index is 1.82. The Bertz CT molecular complexity index is 773. The van der Waals surface area contributed by atoms with Gasteiger partial charge in [-0.3, -0.25) is 4.79 Å². The minimum absolute atomic E-state index is 0.0686. The maximum absolute atomic E-state index is 13.1. The molecule has 1 aromatic carbocycles. The fourth-order valence-electron chi connectivity index (χ4n) is 4.81. The molecule has 4 nitrogen and oxygen atoms in total. The molecule has 3 atom stereocenters. The molecule has 1 fully saturated rings. The van der Waals surface area contributed by atoms with Gasteiger partial charge in [-0.25, -0.2) is 9.18 Å². The summed E-state index contributed by atoms with van der Waals surface area (Å²) in [4.78, 5) is 24.6. The second-order valence-electron chi connectivity index (χ2n) is 10.2. The second kappa shape index (κ2) is 18.1. The number of carbonyl (C=O) groups is 2. The molecule has 0 N–H and O–H groups in total. The molecule has 0 saturated carbocycles. The van der Waals surface area contributed by atoms with Crippen LogP contribution in [0.2, 0.25) is 0 Å². The van der Waals surface area contributed by atoms with Crippen molar-refractivity contribution in [3.8, 4) is 0 Å². The summed E-state index contributed by atoms with van der Waals surface area (Å²) in [7, 11) is 0. The van der Waals surface area contributed by atoms with Crippen LogP contribution in [0, 0.1) is 11.7 Å². The van der Waals surface area contributed by atoms with Crippen LogP contribution in [0.25, 0.3) is 6.08 Å². The van der Waals surface area contributed by atoms with Gasteiger partial charge in [0.2, 0.25) is 0 Å². The maximum atomic E-state index is 13.1. The molecule has 0 amide bonds. The molecule has 2 rings (SSSR count). The molecule has 1 aliphatic heterocycles. The molecule has 1 heterocycles. The van der Waals surface area contributed by atoms with Crippen molar-refractivity contribution in [3.63, 3.8) is 0 Å². The molecule has 1 aliphatic rings. The number of unbranched alkanes of at least 4 members (excludes halogenated alkanes) is 11. The van der Waals surface area contributed by atoms with Crippen LogP contribution in [0.15, 0.2) is 30.3 Å². The summed E-state index contributed by atoms with van der Waals surface area (Å²) in [5.41, 5.74) is 0.740. The van der Waals surface area contributed by atoms with Crippen LogP contribution in [0.5, 0.6) is 0 Å². The lowest BCUT2D eigenvalue weighted by Crippen LogP contribution is -2.47. The molecule has 0 aliphatic carbocycles. The first-order chi connectivity index (χ1) is 17.5. The zero-order valence-corrected chi connectivity index (χ0v) is 22.5. The van der Waals surface area contributed by atoms with Gasteiger partial charge in [-0.05, 0) is 43.0 Å². The fourth-order valence-corrected chi connectivity index (χ4v) is 4.81. The van der Waals surface area contributed by atoms with E-state index in [1.807, 2.05) is 0 Å². The summed E-state index contributed by atoms with van der Waals surface area (Å²) in [6, 6.07) is 5.97. The lowest BCUT2D eigenvalue weighted by molar-refractivity contribution is -0.189. The first-order valence-corrected chi connectivity index (χ1v) is 14.4. The van der Waals surface area contributed by atoms with Gasteiger partial charge in [0.25, 0.3) is 0 Å². The summed E-state index contributed by atoms with van der Waals surface area (Å²) in [5, 5.41) is 0. The van der Waals surface area contributed by atoms with E-state index in [9.17, 15) is 14.0 Å². The summed E-state index contributed by atoms with van der Waals surface area (Å²) in [6.45, 7) is 4.41. The normalized spacial score (nSPS) is 18.1. The molecule has 1 saturated heterocycles. The Hall–Kier alpha value is -2.17. The number of benzene rings is 1. The third-order valence-corrected chi connectivity index (χ3v) is 7.08. The number of esters is 2. The van der Waals surface area contributed by atoms with Gasteiger partial charge in [0.15, 0.2) is 0 Å². The highest BCUT2D eigenvalue weighted by molar-refractivity contribution is 5.87. The molecule has 0 bridgehead atoms. The van der Waals surface area contributed by atoms with Gasteiger partial charge in [-0.15, -0.1) is 0 Å². The number of hydrogen-bond donors (Lipinski definition) is 0. The van der Waals surface area contributed by atoms with Crippen molar-refractivity contribution in [2.24, 2.45) is 5.92 Å². The molecule has 0 radical (unpaired) electrons. The molecule has 0 aromatic heterocycles. The zero-order valence-electron chi connectivity index (χ0n) is 22.5. The first-order valence-electron chi connectivity index (χ1n) is 14.4. The zero-order chi connectivity index (χ0) is 26.0. The van der Waals surface area contributed by atoms with Gasteiger partial charge in [-0.2, -0.15) is 0 Å². The number of ether oxygens (including phenoxy) is 2. The standard InChI is InChI=1S/C31H47FO4/c1-3-5-7-9-10-11-12-13-14-16-27(24-29-28(31(34)36-29)17-15-8-6-4-2)35-30(33)23-20-25-18-21-26(32)22-19-25/h18-23,27-29H,3-17,24H2,1-2H3/b23-20+/t27-,28-,29-/m0/s1. The highest BCUT2D eigenvalue weighted by atomic mass is 19.1. The van der Waals surface area contributed by atoms with E-state index in [1.165, 1.54) is 76.0 Å². The second-order valence-corrected chi connectivity index (χ2v) is 10.2. The summed E-state index contributed by atoms with van der Waals surface area (Å²) < 4.78 is 24.4. The van der Waals surface area contributed by atoms with Crippen molar-refractivity contribution in [1.29, 1.82) is 0 Å². The predicted octanol–water partition coefficient (Wildman–Crippen LogP) is 8.57. The van der Waals surface area contributed by atoms with Crippen LogP contribution in [0.3, 0.4) is 0 Å². The Morgan fingerprint density at radius 2 is 1.50 bits per heavy atom. The van der Waals surface area contributed by atoms with Crippen molar-refractivity contribution in [1.82, 2.24) is 0 Å². The Morgan fingerprint density at radius 3 is 2.11 bits per heavy atom. The smallest absolute Gasteiger partial charge is 0.331 e. The van der Waals surface area contributed by atoms with Crippen molar-refractivity contribution < 1.29 is 23.5 Å². The van der Waals surface area contributed by atoms with Crippen LogP contribution < -0.4 is 0 Å². The number of rotatable bonds is 20. The van der Waals surface area contributed by atoms with E-state index in [2.05, 4.69) is 13.8 Å². The first kappa shape index (κ1) is 30.1. The quantitative estimate of drug-likeness (QED) is 0.102. The monoisotopic (exact) mass is 502 g/mol. The number of carbonyl (C=O) groups excluding carboxylic acids is 2. The summed E-state index contributed by atoms with van der Waals surface area (Å²) in [5.74, 6) is -0.901. The van der Waals surface area contributed by atoms with Gasteiger partial charge in [0, 0.05) is 12.5 Å². The van der Waals surface area contributed by atoms with E-state index in [0.717, 1.165) is 44.1 Å². The van der Waals surface area contributed by atoms with Crippen molar-refractivity contribution in [3.05, 3.63) is 41.7 Å². The van der Waals surface area contributed by atoms with Gasteiger partial charge in [0.1, 0.15) is 18.0 Å². The molecule has 0 unspecified atom stereocenters. The molecule has 36 heavy (non-hydrogen) atoms. The van der Waals surface area contributed by atoms with Crippen LogP contribution >= 0.6 is 0 Å². The maximum Gasteiger partial charge on any atom is 0.331 e. The summed E-state index contributed by atoms with van der Waals surface area (Å²) >= 11 is 0. The Labute approximate surface area is 218 Å². The van der Waals surface area contributed by atoms with Crippen LogP contribution in [-0.4, -0.2) is 24.1 Å². The molecular weight excluding hydrogens is 455 g/mol. The van der Waals surface area contributed by atoms with Crippen molar-refractivity contribution >= 4 is 18.0 Å². The minimum Gasteiger partial charge on any atom is -0.461 e. The highest BCUT2D eigenvalue weighted by Crippen LogP contribution is 2.32. The van der Waals surface area contributed by atoms with Gasteiger partial charge >= 0.3 is 11.9 Å². The van der Waals surface area contributed by atoms with Gasteiger partial charge in [0.05, 0.1) is 5.92 Å². The van der Waals surface area contributed by atoms with E-state index >= 15 is 0 Å². The predicted molar refractivity (Wildman–Crippen MR) is 144 cm³/mol. The van der Waals surface area contributed by atoms with E-state index in [1.54, 1.807) is 18.2 Å². The molecular formula is C31H47FO4. The average molecular weight is 503 g/mol. The molecule has 202 valence electrons. The lowest BCUT2D eigenvalue weighted by Gasteiger charge is -2.37. The lowest BCUT2D eigenvalue weighted by atomic mass is 9.86. The Kier molecular flexibility index (Phi) is 15.1. The molecule has 5 heteroatoms. The number of cyclic esters (lactones) is 1. The fraction of sp³-hybridized carbons (Fsp3) is 0.677. The van der Waals surface area contributed by atoms with E-state index in [0.29, 0.717) is 6.42 Å². The van der Waals surface area contributed by atoms with E-state index in [-0.39, 0.29) is 29.9 Å². The largest absolute Gasteiger partial charge is 0.461 e. The minimum atomic E-state index is -0.412. The number of halogens is 1. The molecule has 0 spiro atoms. The SMILES string of the molecule is CCCCCCCCCCC[C@@H](C[C@@H]1OC(=O)[C@H]1CCCCCC)OC(=O)/C=C/c1ccc(F)cc1. The van der Waals surface area contributed by atoms with Crippen molar-refractivity contribution in [2.75, 3.05) is 0 Å². The molecule has 1 aromatic rings. The van der Waals surface area contributed by atoms with Gasteiger partial charge < -0.3 is 9.47 Å². The van der Waals surface area contributed by atoms with E-state index < -0.39 is 5.97 Å². The third-order valence-electron chi connectivity index (χ3n) is 7.08.